The molecule has 1 aromatic rings. The molecule has 0 atom stereocenters. The second-order valence-electron chi connectivity index (χ2n) is 5.17. The molecule has 0 spiro atoms. The lowest BCUT2D eigenvalue weighted by atomic mass is 10.1. The predicted molar refractivity (Wildman–Crippen MR) is 82.0 cm³/mol. The van der Waals surface area contributed by atoms with Gasteiger partial charge in [0.1, 0.15) is 12.9 Å². The predicted octanol–water partition coefficient (Wildman–Crippen LogP) is 0.782. The molecule has 7 heteroatoms. The molecule has 0 aromatic carbocycles. The summed E-state index contributed by atoms with van der Waals surface area (Å²) in [7, 11) is 1.94. The van der Waals surface area contributed by atoms with Gasteiger partial charge < -0.3 is 19.5 Å². The summed E-state index contributed by atoms with van der Waals surface area (Å²) in [4.78, 5) is 6.98. The molecule has 0 saturated carbocycles. The molecule has 21 heavy (non-hydrogen) atoms. The highest BCUT2D eigenvalue weighted by molar-refractivity contribution is 5.80. The minimum absolute atomic E-state index is 0.396. The highest BCUT2D eigenvalue weighted by atomic mass is 16.5. The first kappa shape index (κ1) is 15.8. The molecule has 0 unspecified atom stereocenters. The van der Waals surface area contributed by atoms with Crippen molar-refractivity contribution >= 4 is 5.96 Å². The first-order chi connectivity index (χ1) is 10.2. The van der Waals surface area contributed by atoms with Gasteiger partial charge in [0, 0.05) is 33.3 Å². The molecular weight excluding hydrogens is 268 g/mol. The molecule has 1 fully saturated rings. The summed E-state index contributed by atoms with van der Waals surface area (Å²) < 4.78 is 7.59. The minimum Gasteiger partial charge on any atom is -0.378 e. The maximum absolute atomic E-state index is 5.70. The molecular formula is C14H26N6O. The van der Waals surface area contributed by atoms with Crippen molar-refractivity contribution in [2.45, 2.75) is 39.3 Å². The van der Waals surface area contributed by atoms with Crippen molar-refractivity contribution in [2.75, 3.05) is 26.2 Å². The van der Waals surface area contributed by atoms with E-state index in [1.54, 1.807) is 6.33 Å². The van der Waals surface area contributed by atoms with E-state index in [4.69, 9.17) is 4.74 Å². The average molecular weight is 294 g/mol. The maximum atomic E-state index is 5.70. The fourth-order valence-electron chi connectivity index (χ4n) is 2.49. The fraction of sp³-hybridized carbons (Fsp3) is 0.786. The van der Waals surface area contributed by atoms with Gasteiger partial charge in [-0.2, -0.15) is 0 Å². The summed E-state index contributed by atoms with van der Waals surface area (Å²) in [6.07, 6.45) is 4.21. The number of hydrogen-bond donors (Lipinski definition) is 1. The van der Waals surface area contributed by atoms with E-state index < -0.39 is 0 Å². The summed E-state index contributed by atoms with van der Waals surface area (Å²) in [6.45, 7) is 8.31. The molecule has 0 bridgehead atoms. The Bertz CT molecular complexity index is 450. The molecule has 1 aliphatic rings. The van der Waals surface area contributed by atoms with Crippen molar-refractivity contribution in [2.24, 2.45) is 12.0 Å². The van der Waals surface area contributed by atoms with Crippen LogP contribution in [0.1, 0.15) is 32.5 Å². The lowest BCUT2D eigenvalue weighted by Gasteiger charge is -2.34. The van der Waals surface area contributed by atoms with Gasteiger partial charge in [-0.3, -0.25) is 0 Å². The van der Waals surface area contributed by atoms with Gasteiger partial charge in [-0.25, -0.2) is 4.99 Å². The highest BCUT2D eigenvalue weighted by Crippen LogP contribution is 2.14. The van der Waals surface area contributed by atoms with Gasteiger partial charge in [0.15, 0.2) is 11.8 Å². The highest BCUT2D eigenvalue weighted by Gasteiger charge is 2.21. The third-order valence-electron chi connectivity index (χ3n) is 3.65. The Labute approximate surface area is 126 Å². The van der Waals surface area contributed by atoms with Crippen molar-refractivity contribution in [3.8, 4) is 0 Å². The van der Waals surface area contributed by atoms with Crippen LogP contribution in [0, 0.1) is 0 Å². The molecule has 2 heterocycles. The second-order valence-corrected chi connectivity index (χ2v) is 5.17. The number of rotatable bonds is 5. The summed E-state index contributed by atoms with van der Waals surface area (Å²) >= 11 is 0. The summed E-state index contributed by atoms with van der Waals surface area (Å²) in [5.74, 6) is 1.82. The van der Waals surface area contributed by atoms with Gasteiger partial charge in [-0.15, -0.1) is 10.2 Å². The molecule has 1 aromatic heterocycles. The van der Waals surface area contributed by atoms with Crippen molar-refractivity contribution in [3.05, 3.63) is 12.2 Å². The van der Waals surface area contributed by atoms with E-state index in [9.17, 15) is 0 Å². The SMILES string of the molecule is CCNC(=NCc1nncn1C)N1CCC(OCC)CC1. The van der Waals surface area contributed by atoms with E-state index in [0.717, 1.165) is 50.9 Å². The number of nitrogens with one attached hydrogen (secondary N) is 1. The van der Waals surface area contributed by atoms with Crippen molar-refractivity contribution < 1.29 is 4.74 Å². The van der Waals surface area contributed by atoms with Crippen LogP contribution in [0.5, 0.6) is 0 Å². The standard InChI is InChI=1S/C14H26N6O/c1-4-15-14(16-10-13-18-17-11-19(13)3)20-8-6-12(7-9-20)21-5-2/h11-12H,4-10H2,1-3H3,(H,15,16). The molecule has 1 saturated heterocycles. The van der Waals surface area contributed by atoms with Crippen LogP contribution in [-0.4, -0.2) is 58.0 Å². The van der Waals surface area contributed by atoms with Crippen LogP contribution in [-0.2, 0) is 18.3 Å². The normalized spacial score (nSPS) is 17.3. The largest absolute Gasteiger partial charge is 0.378 e. The van der Waals surface area contributed by atoms with E-state index >= 15 is 0 Å². The van der Waals surface area contributed by atoms with E-state index in [-0.39, 0.29) is 0 Å². The lowest BCUT2D eigenvalue weighted by molar-refractivity contribution is 0.0263. The van der Waals surface area contributed by atoms with Gasteiger partial charge in [-0.05, 0) is 26.7 Å². The molecule has 1 N–H and O–H groups in total. The average Bonchev–Trinajstić information content (AvgIpc) is 2.90. The van der Waals surface area contributed by atoms with E-state index in [0.29, 0.717) is 12.6 Å². The van der Waals surface area contributed by atoms with E-state index in [1.807, 2.05) is 11.6 Å². The smallest absolute Gasteiger partial charge is 0.194 e. The monoisotopic (exact) mass is 294 g/mol. The number of likely N-dealkylation sites (tertiary alicyclic amines) is 1. The lowest BCUT2D eigenvalue weighted by Crippen LogP contribution is -2.47. The van der Waals surface area contributed by atoms with Gasteiger partial charge in [-0.1, -0.05) is 0 Å². The number of guanidine groups is 1. The maximum Gasteiger partial charge on any atom is 0.194 e. The van der Waals surface area contributed by atoms with Crippen molar-refractivity contribution in [1.29, 1.82) is 0 Å². The Morgan fingerprint density at radius 1 is 1.43 bits per heavy atom. The molecule has 0 aliphatic carbocycles. The summed E-state index contributed by atoms with van der Waals surface area (Å²) in [5, 5.41) is 11.3. The Kier molecular flexibility index (Phi) is 5.98. The zero-order valence-corrected chi connectivity index (χ0v) is 13.2. The van der Waals surface area contributed by atoms with Crippen LogP contribution >= 0.6 is 0 Å². The number of aliphatic imine (C=N–C) groups is 1. The van der Waals surface area contributed by atoms with E-state index in [2.05, 4.69) is 39.3 Å². The molecule has 1 aliphatic heterocycles. The zero-order chi connectivity index (χ0) is 15.1. The molecule has 7 nitrogen and oxygen atoms in total. The Morgan fingerprint density at radius 3 is 2.76 bits per heavy atom. The third kappa shape index (κ3) is 4.42. The van der Waals surface area contributed by atoms with Crippen LogP contribution in [0.3, 0.4) is 0 Å². The molecule has 118 valence electrons. The number of nitrogens with zero attached hydrogens (tertiary/aromatic N) is 5. The number of aromatic nitrogens is 3. The Morgan fingerprint density at radius 2 is 2.19 bits per heavy atom. The third-order valence-corrected chi connectivity index (χ3v) is 3.65. The van der Waals surface area contributed by atoms with Crippen molar-refractivity contribution in [3.63, 3.8) is 0 Å². The van der Waals surface area contributed by atoms with E-state index in [1.165, 1.54) is 0 Å². The van der Waals surface area contributed by atoms with Crippen molar-refractivity contribution in [1.82, 2.24) is 25.0 Å². The number of ether oxygens (including phenoxy) is 1. The van der Waals surface area contributed by atoms with Gasteiger partial charge in [0.25, 0.3) is 0 Å². The topological polar surface area (TPSA) is 67.6 Å². The second kappa shape index (κ2) is 7.97. The Hall–Kier alpha value is -1.63. The minimum atomic E-state index is 0.396. The summed E-state index contributed by atoms with van der Waals surface area (Å²) in [6, 6.07) is 0. The molecule has 0 radical (unpaired) electrons. The van der Waals surface area contributed by atoms with Crippen LogP contribution in [0.4, 0.5) is 0 Å². The zero-order valence-electron chi connectivity index (χ0n) is 13.2. The Balaban J connectivity index is 1.94. The quantitative estimate of drug-likeness (QED) is 0.642. The van der Waals surface area contributed by atoms with Gasteiger partial charge in [0.05, 0.1) is 6.10 Å². The number of piperidine rings is 1. The first-order valence-corrected chi connectivity index (χ1v) is 7.72. The fourth-order valence-corrected chi connectivity index (χ4v) is 2.49. The van der Waals surface area contributed by atoms with Crippen LogP contribution in [0.15, 0.2) is 11.3 Å². The van der Waals surface area contributed by atoms with Crippen LogP contribution < -0.4 is 5.32 Å². The van der Waals surface area contributed by atoms with Crippen LogP contribution in [0.25, 0.3) is 0 Å². The number of hydrogen-bond acceptors (Lipinski definition) is 4. The number of aryl methyl sites for hydroxylation is 1. The summed E-state index contributed by atoms with van der Waals surface area (Å²) in [5.41, 5.74) is 0. The van der Waals surface area contributed by atoms with Gasteiger partial charge in [0.2, 0.25) is 0 Å². The first-order valence-electron chi connectivity index (χ1n) is 7.72. The molecule has 0 amide bonds. The van der Waals surface area contributed by atoms with Gasteiger partial charge >= 0.3 is 0 Å². The van der Waals surface area contributed by atoms with Crippen LogP contribution in [0.2, 0.25) is 0 Å². The molecule has 2 rings (SSSR count).